The van der Waals surface area contributed by atoms with Crippen molar-refractivity contribution >= 4 is 39.1 Å². The van der Waals surface area contributed by atoms with Crippen molar-refractivity contribution in [1.82, 2.24) is 4.72 Å². The van der Waals surface area contributed by atoms with Crippen molar-refractivity contribution in [3.05, 3.63) is 33.3 Å². The van der Waals surface area contributed by atoms with Crippen LogP contribution in [0.1, 0.15) is 19.3 Å². The predicted molar refractivity (Wildman–Crippen MR) is 83.4 cm³/mol. The predicted octanol–water partition coefficient (Wildman–Crippen LogP) is 2.81. The van der Waals surface area contributed by atoms with Gasteiger partial charge in [-0.2, -0.15) is 11.8 Å². The summed E-state index contributed by atoms with van der Waals surface area (Å²) in [6, 6.07) is 3.39. The molecule has 1 fully saturated rings. The summed E-state index contributed by atoms with van der Waals surface area (Å²) in [4.78, 5) is 9.84. The average molecular weight is 351 g/mol. The molecule has 116 valence electrons. The molecule has 21 heavy (non-hydrogen) atoms. The maximum atomic E-state index is 12.2. The molecule has 2 rings (SSSR count). The highest BCUT2D eigenvalue weighted by atomic mass is 35.5. The third-order valence-electron chi connectivity index (χ3n) is 3.19. The van der Waals surface area contributed by atoms with Gasteiger partial charge in [-0.1, -0.05) is 18.0 Å². The number of thioether (sulfide) groups is 1. The minimum Gasteiger partial charge on any atom is -0.258 e. The van der Waals surface area contributed by atoms with Gasteiger partial charge in [0.15, 0.2) is 0 Å². The Labute approximate surface area is 132 Å². The van der Waals surface area contributed by atoms with Crippen molar-refractivity contribution in [2.45, 2.75) is 29.4 Å². The van der Waals surface area contributed by atoms with Crippen molar-refractivity contribution in [3.8, 4) is 0 Å². The molecule has 1 saturated heterocycles. The van der Waals surface area contributed by atoms with E-state index in [1.807, 2.05) is 0 Å². The highest BCUT2D eigenvalue weighted by Crippen LogP contribution is 2.27. The molecule has 0 radical (unpaired) electrons. The maximum absolute atomic E-state index is 12.2. The summed E-state index contributed by atoms with van der Waals surface area (Å²) in [5.74, 6) is 1.03. The molecule has 1 aromatic rings. The van der Waals surface area contributed by atoms with Crippen molar-refractivity contribution in [1.29, 1.82) is 0 Å². The maximum Gasteiger partial charge on any atom is 0.270 e. The molecule has 0 saturated carbocycles. The fourth-order valence-corrected chi connectivity index (χ4v) is 5.00. The number of nitro groups is 1. The summed E-state index contributed by atoms with van der Waals surface area (Å²) in [5.41, 5.74) is -0.299. The number of sulfonamides is 1. The van der Waals surface area contributed by atoms with Gasteiger partial charge in [0, 0.05) is 23.9 Å². The molecule has 1 aliphatic rings. The van der Waals surface area contributed by atoms with Crippen LogP contribution < -0.4 is 4.72 Å². The van der Waals surface area contributed by atoms with E-state index in [0.717, 1.165) is 31.1 Å². The van der Waals surface area contributed by atoms with Crippen LogP contribution in [0.15, 0.2) is 23.1 Å². The lowest BCUT2D eigenvalue weighted by molar-refractivity contribution is -0.385. The van der Waals surface area contributed by atoms with Crippen LogP contribution in [0.3, 0.4) is 0 Å². The van der Waals surface area contributed by atoms with E-state index in [4.69, 9.17) is 11.6 Å². The van der Waals surface area contributed by atoms with Crippen LogP contribution in [-0.4, -0.2) is 30.9 Å². The normalized spacial score (nSPS) is 19.4. The number of hydrogen-bond acceptors (Lipinski definition) is 5. The molecule has 1 unspecified atom stereocenters. The van der Waals surface area contributed by atoms with Crippen LogP contribution in [0.25, 0.3) is 0 Å². The first-order chi connectivity index (χ1) is 9.90. The number of nitrogens with one attached hydrogen (secondary N) is 1. The third-order valence-corrected chi connectivity index (χ3v) is 6.49. The molecule has 0 aliphatic carbocycles. The topological polar surface area (TPSA) is 89.3 Å². The van der Waals surface area contributed by atoms with Gasteiger partial charge in [0.2, 0.25) is 10.0 Å². The molecule has 0 spiro atoms. The van der Waals surface area contributed by atoms with Gasteiger partial charge in [0.1, 0.15) is 4.90 Å². The van der Waals surface area contributed by atoms with Crippen molar-refractivity contribution in [3.63, 3.8) is 0 Å². The second-order valence-electron chi connectivity index (χ2n) is 4.71. The minimum atomic E-state index is -3.85. The monoisotopic (exact) mass is 350 g/mol. The van der Waals surface area contributed by atoms with Gasteiger partial charge >= 0.3 is 0 Å². The van der Waals surface area contributed by atoms with Crippen molar-refractivity contribution < 1.29 is 13.3 Å². The van der Waals surface area contributed by atoms with Gasteiger partial charge < -0.3 is 0 Å². The Balaban J connectivity index is 2.14. The molecule has 1 aliphatic heterocycles. The lowest BCUT2D eigenvalue weighted by Gasteiger charge is -2.21. The van der Waals surface area contributed by atoms with E-state index in [2.05, 4.69) is 4.72 Å². The summed E-state index contributed by atoms with van der Waals surface area (Å²) < 4.78 is 27.0. The summed E-state index contributed by atoms with van der Waals surface area (Å²) in [5, 5.41) is 11.0. The van der Waals surface area contributed by atoms with Crippen molar-refractivity contribution in [2.24, 2.45) is 0 Å². The number of nitrogens with zero attached hydrogens (tertiary/aromatic N) is 1. The Hall–Kier alpha value is -0.830. The number of hydrogen-bond donors (Lipinski definition) is 1. The summed E-state index contributed by atoms with van der Waals surface area (Å²) in [6.45, 7) is 0.312. The Bertz CT molecular complexity index is 630. The number of rotatable bonds is 5. The van der Waals surface area contributed by atoms with Gasteiger partial charge in [-0.05, 0) is 24.7 Å². The first kappa shape index (κ1) is 16.5. The highest BCUT2D eigenvalue weighted by Gasteiger charge is 2.23. The zero-order valence-corrected chi connectivity index (χ0v) is 13.5. The van der Waals surface area contributed by atoms with E-state index in [9.17, 15) is 18.5 Å². The molecule has 6 nitrogen and oxygen atoms in total. The van der Waals surface area contributed by atoms with Crippen LogP contribution in [0.4, 0.5) is 5.69 Å². The van der Waals surface area contributed by atoms with E-state index >= 15 is 0 Å². The van der Waals surface area contributed by atoms with Gasteiger partial charge in [0.05, 0.1) is 9.95 Å². The van der Waals surface area contributed by atoms with E-state index in [1.54, 1.807) is 11.8 Å². The molecule has 1 heterocycles. The van der Waals surface area contributed by atoms with E-state index in [1.165, 1.54) is 12.1 Å². The zero-order chi connectivity index (χ0) is 15.5. The average Bonchev–Trinajstić information content (AvgIpc) is 2.46. The smallest absolute Gasteiger partial charge is 0.258 e. The number of benzene rings is 1. The SMILES string of the molecule is O=[N+]([O-])c1ccc(Cl)c(S(=O)(=O)NCC2CCCCS2)c1. The summed E-state index contributed by atoms with van der Waals surface area (Å²) in [6.07, 6.45) is 3.22. The molecule has 0 bridgehead atoms. The Morgan fingerprint density at radius 1 is 1.43 bits per heavy atom. The van der Waals surface area contributed by atoms with Crippen LogP contribution in [-0.2, 0) is 10.0 Å². The van der Waals surface area contributed by atoms with Crippen LogP contribution in [0.5, 0.6) is 0 Å². The van der Waals surface area contributed by atoms with E-state index in [0.29, 0.717) is 6.54 Å². The molecule has 9 heteroatoms. The third kappa shape index (κ3) is 4.32. The molecular formula is C12H15ClN2O4S2. The molecule has 0 amide bonds. The van der Waals surface area contributed by atoms with Crippen LogP contribution >= 0.6 is 23.4 Å². The Kier molecular flexibility index (Phi) is 5.48. The first-order valence-electron chi connectivity index (χ1n) is 6.45. The van der Waals surface area contributed by atoms with Crippen LogP contribution in [0.2, 0.25) is 5.02 Å². The molecule has 1 aromatic carbocycles. The zero-order valence-electron chi connectivity index (χ0n) is 11.1. The van der Waals surface area contributed by atoms with E-state index in [-0.39, 0.29) is 20.9 Å². The van der Waals surface area contributed by atoms with Gasteiger partial charge in [-0.15, -0.1) is 0 Å². The van der Waals surface area contributed by atoms with Gasteiger partial charge in [-0.25, -0.2) is 13.1 Å². The van der Waals surface area contributed by atoms with Gasteiger partial charge in [-0.3, -0.25) is 10.1 Å². The number of non-ortho nitro benzene ring substituents is 1. The minimum absolute atomic E-state index is 0.0237. The fourth-order valence-electron chi connectivity index (χ4n) is 2.06. The Morgan fingerprint density at radius 3 is 2.81 bits per heavy atom. The molecule has 1 N–H and O–H groups in total. The number of halogens is 1. The second kappa shape index (κ2) is 6.95. The second-order valence-corrected chi connectivity index (χ2v) is 8.26. The first-order valence-corrected chi connectivity index (χ1v) is 9.36. The molecule has 1 atom stereocenters. The highest BCUT2D eigenvalue weighted by molar-refractivity contribution is 8.00. The standard InChI is InChI=1S/C12H15ClN2O4S2/c13-11-5-4-9(15(16)17)7-12(11)21(18,19)14-8-10-3-1-2-6-20-10/h4-5,7,10,14H,1-3,6,8H2. The quantitative estimate of drug-likeness (QED) is 0.651. The summed E-state index contributed by atoms with van der Waals surface area (Å²) >= 11 is 7.60. The summed E-state index contributed by atoms with van der Waals surface area (Å²) in [7, 11) is -3.85. The van der Waals surface area contributed by atoms with Crippen molar-refractivity contribution in [2.75, 3.05) is 12.3 Å². The largest absolute Gasteiger partial charge is 0.270 e. The molecule has 0 aromatic heterocycles. The number of nitro benzene ring substituents is 1. The van der Waals surface area contributed by atoms with E-state index < -0.39 is 14.9 Å². The lowest BCUT2D eigenvalue weighted by Crippen LogP contribution is -2.32. The molecular weight excluding hydrogens is 336 g/mol. The fraction of sp³-hybridized carbons (Fsp3) is 0.500. The van der Waals surface area contributed by atoms with Crippen LogP contribution in [0, 0.1) is 10.1 Å². The Morgan fingerprint density at radius 2 is 2.19 bits per heavy atom. The van der Waals surface area contributed by atoms with Gasteiger partial charge in [0.25, 0.3) is 5.69 Å². The lowest BCUT2D eigenvalue weighted by atomic mass is 10.2.